The van der Waals surface area contributed by atoms with Crippen LogP contribution in [0.3, 0.4) is 0 Å². The molecule has 1 fully saturated rings. The van der Waals surface area contributed by atoms with Crippen molar-refractivity contribution >= 4 is 17.5 Å². The smallest absolute Gasteiger partial charge is 0.289 e. The summed E-state index contributed by atoms with van der Waals surface area (Å²) in [5.41, 5.74) is 0.204. The lowest BCUT2D eigenvalue weighted by Crippen LogP contribution is -2.50. The van der Waals surface area contributed by atoms with E-state index in [2.05, 4.69) is 5.32 Å². The van der Waals surface area contributed by atoms with Crippen LogP contribution in [0.4, 0.5) is 14.5 Å². The van der Waals surface area contributed by atoms with Gasteiger partial charge in [0.2, 0.25) is 5.91 Å². The molecule has 3 rings (SSSR count). The third kappa shape index (κ3) is 4.21. The third-order valence-electron chi connectivity index (χ3n) is 3.96. The molecule has 1 saturated heterocycles. The number of hydrogen-bond acceptors (Lipinski definition) is 4. The van der Waals surface area contributed by atoms with Crippen LogP contribution < -0.4 is 5.32 Å². The van der Waals surface area contributed by atoms with Crippen molar-refractivity contribution in [2.24, 2.45) is 0 Å². The quantitative estimate of drug-likeness (QED) is 0.916. The van der Waals surface area contributed by atoms with Crippen LogP contribution in [0.1, 0.15) is 10.6 Å². The predicted octanol–water partition coefficient (Wildman–Crippen LogP) is 1.95. The minimum absolute atomic E-state index is 0.113. The summed E-state index contributed by atoms with van der Waals surface area (Å²) < 4.78 is 31.1. The summed E-state index contributed by atoms with van der Waals surface area (Å²) in [7, 11) is 0. The second-order valence-corrected chi connectivity index (χ2v) is 5.72. The molecule has 0 saturated carbocycles. The topological polar surface area (TPSA) is 65.8 Å². The van der Waals surface area contributed by atoms with Crippen molar-refractivity contribution < 1.29 is 22.8 Å². The summed E-state index contributed by atoms with van der Waals surface area (Å²) in [6.45, 7) is 2.16. The summed E-state index contributed by atoms with van der Waals surface area (Å²) in [4.78, 5) is 27.7. The van der Waals surface area contributed by atoms with Crippen molar-refractivity contribution in [2.45, 2.75) is 0 Å². The first-order valence-corrected chi connectivity index (χ1v) is 7.83. The molecule has 1 aliphatic rings. The molecule has 8 heteroatoms. The van der Waals surface area contributed by atoms with Crippen molar-refractivity contribution in [3.05, 3.63) is 54.0 Å². The first-order valence-electron chi connectivity index (χ1n) is 7.83. The van der Waals surface area contributed by atoms with Crippen LogP contribution in [0, 0.1) is 11.6 Å². The first kappa shape index (κ1) is 17.1. The fourth-order valence-electron chi connectivity index (χ4n) is 2.64. The number of hydrogen-bond donors (Lipinski definition) is 1. The molecule has 1 aromatic heterocycles. The number of anilines is 1. The van der Waals surface area contributed by atoms with E-state index in [0.29, 0.717) is 31.9 Å². The summed E-state index contributed by atoms with van der Waals surface area (Å²) >= 11 is 0. The van der Waals surface area contributed by atoms with Gasteiger partial charge in [0.05, 0.1) is 12.8 Å². The Morgan fingerprint density at radius 2 is 1.84 bits per heavy atom. The van der Waals surface area contributed by atoms with Crippen molar-refractivity contribution in [1.82, 2.24) is 9.80 Å². The third-order valence-corrected chi connectivity index (χ3v) is 3.96. The van der Waals surface area contributed by atoms with Gasteiger partial charge in [-0.15, -0.1) is 0 Å². The standard InChI is InChI=1S/C17H17F2N3O3/c18-13-4-3-12(10-14(13)19)20-16(23)11-21-5-7-22(8-6-21)17(24)15-2-1-9-25-15/h1-4,9-10H,5-8,11H2,(H,20,23). The van der Waals surface area contributed by atoms with Crippen molar-refractivity contribution in [1.29, 1.82) is 0 Å². The van der Waals surface area contributed by atoms with Gasteiger partial charge in [-0.05, 0) is 24.3 Å². The Morgan fingerprint density at radius 3 is 2.48 bits per heavy atom. The van der Waals surface area contributed by atoms with E-state index in [0.717, 1.165) is 12.1 Å². The SMILES string of the molecule is O=C(CN1CCN(C(=O)c2ccco2)CC1)Nc1ccc(F)c(F)c1. The number of rotatable bonds is 4. The molecule has 0 aliphatic carbocycles. The summed E-state index contributed by atoms with van der Waals surface area (Å²) in [6.07, 6.45) is 1.45. The molecule has 1 aliphatic heterocycles. The van der Waals surface area contributed by atoms with Crippen molar-refractivity contribution in [3.8, 4) is 0 Å². The molecule has 25 heavy (non-hydrogen) atoms. The van der Waals surface area contributed by atoms with Crippen LogP contribution in [0.5, 0.6) is 0 Å². The number of benzene rings is 1. The largest absolute Gasteiger partial charge is 0.459 e. The Kier molecular flexibility index (Phi) is 5.08. The number of carbonyl (C=O) groups excluding carboxylic acids is 2. The van der Waals surface area contributed by atoms with Gasteiger partial charge in [0.15, 0.2) is 17.4 Å². The Hall–Kier alpha value is -2.74. The van der Waals surface area contributed by atoms with E-state index in [4.69, 9.17) is 4.42 Å². The van der Waals surface area contributed by atoms with Crippen molar-refractivity contribution in [2.75, 3.05) is 38.0 Å². The number of amides is 2. The molecule has 0 radical (unpaired) electrons. The number of halogens is 2. The van der Waals surface area contributed by atoms with Gasteiger partial charge in [0, 0.05) is 37.9 Å². The average molecular weight is 349 g/mol. The lowest BCUT2D eigenvalue weighted by Gasteiger charge is -2.33. The molecule has 6 nitrogen and oxygen atoms in total. The lowest BCUT2D eigenvalue weighted by molar-refractivity contribution is -0.117. The zero-order valence-corrected chi connectivity index (χ0v) is 13.4. The molecule has 0 atom stereocenters. The minimum Gasteiger partial charge on any atom is -0.459 e. The van der Waals surface area contributed by atoms with E-state index in [1.54, 1.807) is 17.0 Å². The van der Waals surface area contributed by atoms with Crippen molar-refractivity contribution in [3.63, 3.8) is 0 Å². The molecule has 0 unspecified atom stereocenters. The molecule has 2 amide bonds. The second-order valence-electron chi connectivity index (χ2n) is 5.72. The Morgan fingerprint density at radius 1 is 1.08 bits per heavy atom. The maximum atomic E-state index is 13.1. The highest BCUT2D eigenvalue weighted by Gasteiger charge is 2.24. The van der Waals surface area contributed by atoms with Gasteiger partial charge < -0.3 is 14.6 Å². The molecule has 132 valence electrons. The van der Waals surface area contributed by atoms with E-state index in [9.17, 15) is 18.4 Å². The number of nitrogens with zero attached hydrogens (tertiary/aromatic N) is 2. The molecular weight excluding hydrogens is 332 g/mol. The maximum absolute atomic E-state index is 13.1. The number of carbonyl (C=O) groups is 2. The van der Waals surface area contributed by atoms with Crippen LogP contribution in [0.2, 0.25) is 0 Å². The van der Waals surface area contributed by atoms with Gasteiger partial charge >= 0.3 is 0 Å². The summed E-state index contributed by atoms with van der Waals surface area (Å²) in [5, 5.41) is 2.53. The zero-order chi connectivity index (χ0) is 17.8. The number of nitrogens with one attached hydrogen (secondary N) is 1. The normalized spacial score (nSPS) is 15.2. The predicted molar refractivity (Wildman–Crippen MR) is 86.0 cm³/mol. The molecule has 0 bridgehead atoms. The minimum atomic E-state index is -1.01. The van der Waals surface area contributed by atoms with E-state index in [-0.39, 0.29) is 24.0 Å². The maximum Gasteiger partial charge on any atom is 0.289 e. The van der Waals surface area contributed by atoms with E-state index in [1.165, 1.54) is 12.3 Å². The first-order chi connectivity index (χ1) is 12.0. The second kappa shape index (κ2) is 7.43. The highest BCUT2D eigenvalue weighted by Crippen LogP contribution is 2.13. The Bertz CT molecular complexity index is 757. The summed E-state index contributed by atoms with van der Waals surface area (Å²) in [5.74, 6) is -2.17. The molecule has 1 N–H and O–H groups in total. The van der Waals surface area contributed by atoms with Crippen LogP contribution in [0.15, 0.2) is 41.0 Å². The molecule has 2 aromatic rings. The van der Waals surface area contributed by atoms with E-state index >= 15 is 0 Å². The van der Waals surface area contributed by atoms with Gasteiger partial charge in [0.25, 0.3) is 5.91 Å². The lowest BCUT2D eigenvalue weighted by atomic mass is 10.2. The van der Waals surface area contributed by atoms with Gasteiger partial charge in [-0.3, -0.25) is 14.5 Å². The monoisotopic (exact) mass is 349 g/mol. The van der Waals surface area contributed by atoms with Gasteiger partial charge in [0.1, 0.15) is 0 Å². The molecule has 0 spiro atoms. The van der Waals surface area contributed by atoms with Crippen LogP contribution in [-0.2, 0) is 4.79 Å². The zero-order valence-electron chi connectivity index (χ0n) is 13.4. The van der Waals surface area contributed by atoms with Crippen LogP contribution in [0.25, 0.3) is 0 Å². The number of piperazine rings is 1. The molecule has 1 aromatic carbocycles. The van der Waals surface area contributed by atoms with Crippen LogP contribution >= 0.6 is 0 Å². The van der Waals surface area contributed by atoms with Gasteiger partial charge in [-0.2, -0.15) is 0 Å². The molecular formula is C17H17F2N3O3. The Labute approximate surface area is 143 Å². The van der Waals surface area contributed by atoms with E-state index in [1.807, 2.05) is 4.90 Å². The van der Waals surface area contributed by atoms with Gasteiger partial charge in [-0.1, -0.05) is 0 Å². The van der Waals surface area contributed by atoms with E-state index < -0.39 is 11.6 Å². The molecule has 2 heterocycles. The summed E-state index contributed by atoms with van der Waals surface area (Å²) in [6, 6.07) is 6.48. The van der Waals surface area contributed by atoms with Gasteiger partial charge in [-0.25, -0.2) is 8.78 Å². The fourth-order valence-corrected chi connectivity index (χ4v) is 2.64. The Balaban J connectivity index is 1.47. The number of furan rings is 1. The average Bonchev–Trinajstić information content (AvgIpc) is 3.13. The highest BCUT2D eigenvalue weighted by molar-refractivity contribution is 5.92. The highest BCUT2D eigenvalue weighted by atomic mass is 19.2. The fraction of sp³-hybridized carbons (Fsp3) is 0.294. The van der Waals surface area contributed by atoms with Crippen LogP contribution in [-0.4, -0.2) is 54.3 Å².